The molecule has 8 heteroatoms. The SMILES string of the molecule is Cc1ccc(S(=O)(=O)NC2CC2)cc1C(=O)Nc1cccc(CN2CCCCC2=O)c1. The van der Waals surface area contributed by atoms with Crippen LogP contribution in [0, 0.1) is 6.92 Å². The molecule has 1 saturated heterocycles. The van der Waals surface area contributed by atoms with Crippen LogP contribution < -0.4 is 10.0 Å². The van der Waals surface area contributed by atoms with E-state index >= 15 is 0 Å². The Kier molecular flexibility index (Phi) is 6.11. The van der Waals surface area contributed by atoms with Crippen LogP contribution in [0.25, 0.3) is 0 Å². The van der Waals surface area contributed by atoms with Crippen molar-refractivity contribution in [1.82, 2.24) is 9.62 Å². The number of piperidine rings is 1. The van der Waals surface area contributed by atoms with Gasteiger partial charge in [-0.1, -0.05) is 18.2 Å². The van der Waals surface area contributed by atoms with Crippen molar-refractivity contribution in [1.29, 1.82) is 0 Å². The summed E-state index contributed by atoms with van der Waals surface area (Å²) in [5, 5.41) is 2.86. The van der Waals surface area contributed by atoms with Crippen LogP contribution in [0.3, 0.4) is 0 Å². The predicted molar refractivity (Wildman–Crippen MR) is 118 cm³/mol. The summed E-state index contributed by atoms with van der Waals surface area (Å²) in [5.74, 6) is -0.207. The van der Waals surface area contributed by atoms with Crippen molar-refractivity contribution in [2.24, 2.45) is 0 Å². The maximum absolute atomic E-state index is 12.9. The number of anilines is 1. The molecule has 164 valence electrons. The van der Waals surface area contributed by atoms with E-state index < -0.39 is 10.0 Å². The van der Waals surface area contributed by atoms with Gasteiger partial charge in [-0.3, -0.25) is 9.59 Å². The van der Waals surface area contributed by atoms with Crippen molar-refractivity contribution in [3.8, 4) is 0 Å². The summed E-state index contributed by atoms with van der Waals surface area (Å²) in [5.41, 5.74) is 2.55. The number of aryl methyl sites for hydroxylation is 1. The van der Waals surface area contributed by atoms with Gasteiger partial charge in [0.15, 0.2) is 0 Å². The first-order valence-corrected chi connectivity index (χ1v) is 12.1. The molecule has 2 N–H and O–H groups in total. The van der Waals surface area contributed by atoms with E-state index in [1.54, 1.807) is 19.1 Å². The van der Waals surface area contributed by atoms with Crippen molar-refractivity contribution in [2.45, 2.75) is 56.5 Å². The Balaban J connectivity index is 1.49. The molecule has 1 aliphatic heterocycles. The number of nitrogens with zero attached hydrogens (tertiary/aromatic N) is 1. The molecule has 31 heavy (non-hydrogen) atoms. The van der Waals surface area contributed by atoms with Crippen molar-refractivity contribution in [2.75, 3.05) is 11.9 Å². The zero-order valence-corrected chi connectivity index (χ0v) is 18.4. The molecule has 2 aromatic rings. The normalized spacial score (nSPS) is 16.9. The lowest BCUT2D eigenvalue weighted by atomic mass is 10.1. The van der Waals surface area contributed by atoms with Crippen LogP contribution in [-0.4, -0.2) is 37.7 Å². The summed E-state index contributed by atoms with van der Waals surface area (Å²) in [7, 11) is -3.64. The quantitative estimate of drug-likeness (QED) is 0.690. The van der Waals surface area contributed by atoms with Gasteiger partial charge in [0.25, 0.3) is 5.91 Å². The molecule has 0 radical (unpaired) electrons. The molecule has 2 aliphatic rings. The topological polar surface area (TPSA) is 95.6 Å². The summed E-state index contributed by atoms with van der Waals surface area (Å²) < 4.78 is 27.7. The predicted octanol–water partition coefficient (Wildman–Crippen LogP) is 3.20. The number of benzene rings is 2. The van der Waals surface area contributed by atoms with Crippen molar-refractivity contribution in [3.05, 3.63) is 59.2 Å². The molecular formula is C23H27N3O4S. The fraction of sp³-hybridized carbons (Fsp3) is 0.391. The van der Waals surface area contributed by atoms with Crippen molar-refractivity contribution < 1.29 is 18.0 Å². The maximum Gasteiger partial charge on any atom is 0.255 e. The second kappa shape index (κ2) is 8.80. The highest BCUT2D eigenvalue weighted by Gasteiger charge is 2.28. The van der Waals surface area contributed by atoms with E-state index in [2.05, 4.69) is 10.0 Å². The number of likely N-dealkylation sites (tertiary alicyclic amines) is 1. The molecule has 1 aliphatic carbocycles. The maximum atomic E-state index is 12.9. The Labute approximate surface area is 182 Å². The van der Waals surface area contributed by atoms with Gasteiger partial charge >= 0.3 is 0 Å². The number of nitrogens with one attached hydrogen (secondary N) is 2. The fourth-order valence-electron chi connectivity index (χ4n) is 3.70. The van der Waals surface area contributed by atoms with E-state index in [1.165, 1.54) is 12.1 Å². The largest absolute Gasteiger partial charge is 0.338 e. The third-order valence-corrected chi connectivity index (χ3v) is 7.16. The average Bonchev–Trinajstić information content (AvgIpc) is 3.53. The Morgan fingerprint density at radius 3 is 2.68 bits per heavy atom. The van der Waals surface area contributed by atoms with Crippen LogP contribution in [0.5, 0.6) is 0 Å². The van der Waals surface area contributed by atoms with Gasteiger partial charge < -0.3 is 10.2 Å². The lowest BCUT2D eigenvalue weighted by Crippen LogP contribution is -2.34. The minimum Gasteiger partial charge on any atom is -0.338 e. The van der Waals surface area contributed by atoms with Gasteiger partial charge in [-0.2, -0.15) is 0 Å². The van der Waals surface area contributed by atoms with Crippen LogP contribution in [0.1, 0.15) is 53.6 Å². The van der Waals surface area contributed by atoms with Gasteiger partial charge in [-0.25, -0.2) is 13.1 Å². The Morgan fingerprint density at radius 1 is 1.13 bits per heavy atom. The number of hydrogen-bond acceptors (Lipinski definition) is 4. The fourth-order valence-corrected chi connectivity index (χ4v) is 5.03. The Bertz CT molecular complexity index is 1110. The van der Waals surface area contributed by atoms with E-state index in [0.717, 1.165) is 37.8 Å². The van der Waals surface area contributed by atoms with Crippen LogP contribution in [0.4, 0.5) is 5.69 Å². The van der Waals surface area contributed by atoms with E-state index in [0.29, 0.717) is 29.8 Å². The highest BCUT2D eigenvalue weighted by atomic mass is 32.2. The molecule has 1 saturated carbocycles. The monoisotopic (exact) mass is 441 g/mol. The van der Waals surface area contributed by atoms with Crippen molar-refractivity contribution in [3.63, 3.8) is 0 Å². The highest BCUT2D eigenvalue weighted by Crippen LogP contribution is 2.24. The van der Waals surface area contributed by atoms with Crippen LogP contribution in [-0.2, 0) is 21.4 Å². The van der Waals surface area contributed by atoms with Gasteiger partial charge in [0.2, 0.25) is 15.9 Å². The number of carbonyl (C=O) groups is 2. The standard InChI is InChI=1S/C23H27N3O4S/c1-16-8-11-20(31(29,30)25-18-9-10-18)14-21(16)23(28)24-19-6-4-5-17(13-19)15-26-12-3-2-7-22(26)27/h4-6,8,11,13-14,18,25H,2-3,7,9-10,12,15H2,1H3,(H,24,28). The molecule has 0 unspecified atom stereocenters. The third kappa shape index (κ3) is 5.32. The van der Waals surface area contributed by atoms with Crippen LogP contribution in [0.2, 0.25) is 0 Å². The minimum absolute atomic E-state index is 0.00175. The van der Waals surface area contributed by atoms with E-state index in [9.17, 15) is 18.0 Å². The van der Waals surface area contributed by atoms with E-state index in [1.807, 2.05) is 23.1 Å². The molecule has 2 fully saturated rings. The zero-order chi connectivity index (χ0) is 22.0. The van der Waals surface area contributed by atoms with Gasteiger partial charge in [-0.15, -0.1) is 0 Å². The van der Waals surface area contributed by atoms with Crippen molar-refractivity contribution >= 4 is 27.5 Å². The van der Waals surface area contributed by atoms with E-state index in [-0.39, 0.29) is 22.8 Å². The molecule has 0 bridgehead atoms. The second-order valence-electron chi connectivity index (χ2n) is 8.30. The van der Waals surface area contributed by atoms with E-state index in [4.69, 9.17) is 0 Å². The molecule has 0 spiro atoms. The first-order chi connectivity index (χ1) is 14.8. The van der Waals surface area contributed by atoms with Gasteiger partial charge in [0.05, 0.1) is 4.90 Å². The lowest BCUT2D eigenvalue weighted by molar-refractivity contribution is -0.133. The molecule has 4 rings (SSSR count). The Morgan fingerprint density at radius 2 is 1.94 bits per heavy atom. The molecule has 2 aromatic carbocycles. The number of hydrogen-bond donors (Lipinski definition) is 2. The molecule has 1 heterocycles. The summed E-state index contributed by atoms with van der Waals surface area (Å²) in [6, 6.07) is 12.0. The first kappa shape index (κ1) is 21.5. The van der Waals surface area contributed by atoms with Gasteiger partial charge in [0, 0.05) is 36.8 Å². The van der Waals surface area contributed by atoms with Gasteiger partial charge in [0.1, 0.15) is 0 Å². The summed E-state index contributed by atoms with van der Waals surface area (Å²) >= 11 is 0. The summed E-state index contributed by atoms with van der Waals surface area (Å²) in [6.07, 6.45) is 4.23. The Hall–Kier alpha value is -2.71. The summed E-state index contributed by atoms with van der Waals surface area (Å²) in [6.45, 7) is 3.05. The summed E-state index contributed by atoms with van der Waals surface area (Å²) in [4.78, 5) is 26.9. The molecule has 2 amide bonds. The first-order valence-electron chi connectivity index (χ1n) is 10.6. The molecule has 7 nitrogen and oxygen atoms in total. The number of rotatable bonds is 7. The molecule has 0 atom stereocenters. The molecule has 0 aromatic heterocycles. The average molecular weight is 442 g/mol. The number of amides is 2. The van der Waals surface area contributed by atoms with Crippen LogP contribution >= 0.6 is 0 Å². The van der Waals surface area contributed by atoms with Gasteiger partial charge in [-0.05, 0) is 68.0 Å². The smallest absolute Gasteiger partial charge is 0.255 e. The third-order valence-electron chi connectivity index (χ3n) is 5.64. The molecular weight excluding hydrogens is 414 g/mol. The van der Waals surface area contributed by atoms with Crippen LogP contribution in [0.15, 0.2) is 47.4 Å². The highest BCUT2D eigenvalue weighted by molar-refractivity contribution is 7.89. The minimum atomic E-state index is -3.64. The number of carbonyl (C=O) groups excluding carboxylic acids is 2. The lowest BCUT2D eigenvalue weighted by Gasteiger charge is -2.26. The second-order valence-corrected chi connectivity index (χ2v) is 10.0. The zero-order valence-electron chi connectivity index (χ0n) is 17.6. The number of sulfonamides is 1.